The summed E-state index contributed by atoms with van der Waals surface area (Å²) in [7, 11) is -2.01. The lowest BCUT2D eigenvalue weighted by Crippen LogP contribution is -2.26. The number of fused-ring (bicyclic) bond motifs is 1. The van der Waals surface area contributed by atoms with Gasteiger partial charge in [-0.1, -0.05) is 11.3 Å². The van der Waals surface area contributed by atoms with Crippen LogP contribution in [0.25, 0.3) is 4.96 Å². The number of nitrogens with one attached hydrogen (secondary N) is 1. The summed E-state index contributed by atoms with van der Waals surface area (Å²) in [6, 6.07) is 4.77. The second kappa shape index (κ2) is 6.46. The molecule has 0 radical (unpaired) electrons. The molecule has 0 aliphatic heterocycles. The third-order valence-electron chi connectivity index (χ3n) is 3.50. The van der Waals surface area contributed by atoms with Crippen molar-refractivity contribution in [2.45, 2.75) is 25.2 Å². The molecule has 0 fully saturated rings. The van der Waals surface area contributed by atoms with Gasteiger partial charge in [-0.25, -0.2) is 13.1 Å². The number of methoxy groups -OCH3 is 1. The van der Waals surface area contributed by atoms with Crippen molar-refractivity contribution in [1.29, 1.82) is 0 Å². The van der Waals surface area contributed by atoms with Crippen LogP contribution in [0.15, 0.2) is 23.1 Å². The lowest BCUT2D eigenvalue weighted by atomic mass is 10.2. The van der Waals surface area contributed by atoms with Crippen LogP contribution in [-0.2, 0) is 16.4 Å². The number of aryl methyl sites for hydroxylation is 2. The summed E-state index contributed by atoms with van der Waals surface area (Å²) in [5, 5.41) is 13.1. The van der Waals surface area contributed by atoms with Crippen molar-refractivity contribution in [3.8, 4) is 5.75 Å². The molecule has 2 aromatic heterocycles. The van der Waals surface area contributed by atoms with Crippen molar-refractivity contribution < 1.29 is 13.2 Å². The number of aromatic nitrogens is 4. The smallest absolute Gasteiger partial charge is 0.240 e. The van der Waals surface area contributed by atoms with E-state index in [2.05, 4.69) is 20.0 Å². The third-order valence-corrected chi connectivity index (χ3v) is 5.91. The standard InChI is InChI=1S/C14H17N5O3S2/c1-9-8-11(4-5-12(9)22-3)24(20,21)15-7-6-13-18-19-10(2)16-17-14(19)23-13/h4-5,8,15H,6-7H2,1-3H3. The average Bonchev–Trinajstić information content (AvgIpc) is 3.09. The summed E-state index contributed by atoms with van der Waals surface area (Å²) in [6.45, 7) is 3.88. The number of benzene rings is 1. The number of hydrogen-bond donors (Lipinski definition) is 1. The lowest BCUT2D eigenvalue weighted by molar-refractivity contribution is 0.411. The minimum atomic E-state index is -3.57. The van der Waals surface area contributed by atoms with Crippen molar-refractivity contribution in [2.75, 3.05) is 13.7 Å². The van der Waals surface area contributed by atoms with Crippen LogP contribution in [0.5, 0.6) is 5.75 Å². The molecular weight excluding hydrogens is 350 g/mol. The number of ether oxygens (including phenoxy) is 1. The zero-order valence-electron chi connectivity index (χ0n) is 13.5. The van der Waals surface area contributed by atoms with E-state index in [1.807, 2.05) is 6.92 Å². The molecule has 0 unspecified atom stereocenters. The van der Waals surface area contributed by atoms with E-state index in [4.69, 9.17) is 4.74 Å². The highest BCUT2D eigenvalue weighted by atomic mass is 32.2. The van der Waals surface area contributed by atoms with Gasteiger partial charge in [0.05, 0.1) is 12.0 Å². The maximum Gasteiger partial charge on any atom is 0.240 e. The van der Waals surface area contributed by atoms with Crippen molar-refractivity contribution in [1.82, 2.24) is 24.5 Å². The summed E-state index contributed by atoms with van der Waals surface area (Å²) in [5.41, 5.74) is 0.768. The van der Waals surface area contributed by atoms with Gasteiger partial charge in [-0.2, -0.15) is 9.61 Å². The fourth-order valence-corrected chi connectivity index (χ4v) is 4.24. The molecular formula is C14H17N5O3S2. The summed E-state index contributed by atoms with van der Waals surface area (Å²) in [5.74, 6) is 1.37. The lowest BCUT2D eigenvalue weighted by Gasteiger charge is -2.09. The molecule has 1 N–H and O–H groups in total. The van der Waals surface area contributed by atoms with Gasteiger partial charge >= 0.3 is 0 Å². The van der Waals surface area contributed by atoms with E-state index in [1.165, 1.54) is 17.4 Å². The molecule has 0 aliphatic rings. The number of rotatable bonds is 6. The molecule has 24 heavy (non-hydrogen) atoms. The van der Waals surface area contributed by atoms with Gasteiger partial charge in [0.25, 0.3) is 0 Å². The Morgan fingerprint density at radius 3 is 2.75 bits per heavy atom. The molecule has 2 heterocycles. The maximum absolute atomic E-state index is 12.4. The number of hydrogen-bond acceptors (Lipinski definition) is 7. The Morgan fingerprint density at radius 2 is 2.08 bits per heavy atom. The normalized spacial score (nSPS) is 12.0. The van der Waals surface area contributed by atoms with E-state index in [0.29, 0.717) is 23.0 Å². The van der Waals surface area contributed by atoms with Crippen LogP contribution in [0.4, 0.5) is 0 Å². The van der Waals surface area contributed by atoms with Gasteiger partial charge in [0, 0.05) is 13.0 Å². The SMILES string of the molecule is COc1ccc(S(=O)(=O)NCCc2nn3c(C)nnc3s2)cc1C. The van der Waals surface area contributed by atoms with E-state index >= 15 is 0 Å². The van der Waals surface area contributed by atoms with Crippen molar-refractivity contribution in [2.24, 2.45) is 0 Å². The van der Waals surface area contributed by atoms with E-state index < -0.39 is 10.0 Å². The van der Waals surface area contributed by atoms with E-state index in [9.17, 15) is 8.42 Å². The molecule has 0 atom stereocenters. The highest BCUT2D eigenvalue weighted by molar-refractivity contribution is 7.89. The molecule has 3 rings (SSSR count). The maximum atomic E-state index is 12.4. The van der Waals surface area contributed by atoms with Gasteiger partial charge in [0.15, 0.2) is 5.82 Å². The quantitative estimate of drug-likeness (QED) is 0.706. The second-order valence-electron chi connectivity index (χ2n) is 5.22. The fourth-order valence-electron chi connectivity index (χ4n) is 2.25. The zero-order valence-corrected chi connectivity index (χ0v) is 15.1. The van der Waals surface area contributed by atoms with Crippen LogP contribution in [0, 0.1) is 13.8 Å². The molecule has 0 spiro atoms. The Hall–Kier alpha value is -2.04. The fraction of sp³-hybridized carbons (Fsp3) is 0.357. The Morgan fingerprint density at radius 1 is 1.29 bits per heavy atom. The van der Waals surface area contributed by atoms with Crippen LogP contribution in [0.3, 0.4) is 0 Å². The Labute approximate surface area is 143 Å². The predicted molar refractivity (Wildman–Crippen MR) is 90.0 cm³/mol. The van der Waals surface area contributed by atoms with Gasteiger partial charge in [-0.3, -0.25) is 0 Å². The molecule has 0 bridgehead atoms. The minimum absolute atomic E-state index is 0.217. The second-order valence-corrected chi connectivity index (χ2v) is 8.02. The van der Waals surface area contributed by atoms with Crippen molar-refractivity contribution >= 4 is 26.3 Å². The first-order valence-corrected chi connectivity index (χ1v) is 9.53. The minimum Gasteiger partial charge on any atom is -0.496 e. The van der Waals surface area contributed by atoms with Gasteiger partial charge in [-0.05, 0) is 37.6 Å². The number of nitrogens with zero attached hydrogens (tertiary/aromatic N) is 4. The topological polar surface area (TPSA) is 98.5 Å². The first kappa shape index (κ1) is 16.8. The van der Waals surface area contributed by atoms with Gasteiger partial charge in [0.1, 0.15) is 10.8 Å². The highest BCUT2D eigenvalue weighted by Crippen LogP contribution is 2.21. The Balaban J connectivity index is 1.67. The van der Waals surface area contributed by atoms with Gasteiger partial charge in [-0.15, -0.1) is 10.2 Å². The molecule has 0 saturated carbocycles. The van der Waals surface area contributed by atoms with Crippen LogP contribution < -0.4 is 9.46 Å². The Kier molecular flexibility index (Phi) is 4.52. The summed E-state index contributed by atoms with van der Waals surface area (Å²) in [6.07, 6.45) is 0.488. The van der Waals surface area contributed by atoms with Crippen LogP contribution in [0.2, 0.25) is 0 Å². The van der Waals surface area contributed by atoms with Gasteiger partial charge in [0.2, 0.25) is 15.0 Å². The van der Waals surface area contributed by atoms with E-state index in [-0.39, 0.29) is 11.4 Å². The largest absolute Gasteiger partial charge is 0.496 e. The summed E-state index contributed by atoms with van der Waals surface area (Å²) < 4.78 is 34.1. The van der Waals surface area contributed by atoms with Crippen molar-refractivity contribution in [3.63, 3.8) is 0 Å². The molecule has 8 nitrogen and oxygen atoms in total. The van der Waals surface area contributed by atoms with Crippen LogP contribution in [-0.4, -0.2) is 41.9 Å². The molecule has 10 heteroatoms. The molecule has 0 aliphatic carbocycles. The molecule has 128 valence electrons. The summed E-state index contributed by atoms with van der Waals surface area (Å²) in [4.78, 5) is 0.922. The predicted octanol–water partition coefficient (Wildman–Crippen LogP) is 1.33. The highest BCUT2D eigenvalue weighted by Gasteiger charge is 2.16. The first-order valence-electron chi connectivity index (χ1n) is 7.23. The summed E-state index contributed by atoms with van der Waals surface area (Å²) >= 11 is 1.40. The molecule has 3 aromatic rings. The third kappa shape index (κ3) is 3.25. The molecule has 0 amide bonds. The monoisotopic (exact) mass is 367 g/mol. The Bertz CT molecular complexity index is 978. The van der Waals surface area contributed by atoms with Gasteiger partial charge < -0.3 is 4.74 Å². The zero-order chi connectivity index (χ0) is 17.3. The van der Waals surface area contributed by atoms with Crippen LogP contribution in [0.1, 0.15) is 16.4 Å². The number of sulfonamides is 1. The van der Waals surface area contributed by atoms with E-state index in [0.717, 1.165) is 10.6 Å². The average molecular weight is 367 g/mol. The van der Waals surface area contributed by atoms with Crippen LogP contribution >= 0.6 is 11.3 Å². The first-order chi connectivity index (χ1) is 11.4. The molecule has 1 aromatic carbocycles. The van der Waals surface area contributed by atoms with E-state index in [1.54, 1.807) is 30.7 Å². The molecule has 0 saturated heterocycles. The van der Waals surface area contributed by atoms with Crippen molar-refractivity contribution in [3.05, 3.63) is 34.6 Å².